The maximum atomic E-state index is 10.3. The number of aryl methyl sites for hydroxylation is 1. The maximum absolute atomic E-state index is 10.3. The number of hydrogen-bond donors (Lipinski definition) is 4. The highest BCUT2D eigenvalue weighted by atomic mass is 16.7. The number of hydrogen-bond acceptors (Lipinski definition) is 8. The van der Waals surface area contributed by atoms with Gasteiger partial charge in [0.2, 0.25) is 23.3 Å². The fourth-order valence-electron chi connectivity index (χ4n) is 4.10. The topological polar surface area (TPSA) is 122 Å². The summed E-state index contributed by atoms with van der Waals surface area (Å²) in [6.07, 6.45) is -3.19. The van der Waals surface area contributed by atoms with Gasteiger partial charge >= 0.3 is 0 Å². The lowest BCUT2D eigenvalue weighted by Gasteiger charge is -2.39. The molecule has 0 aliphatic carbocycles. The fourth-order valence-corrected chi connectivity index (χ4v) is 4.10. The average Bonchev–Trinajstić information content (AvgIpc) is 2.88. The van der Waals surface area contributed by atoms with Gasteiger partial charge in [0.05, 0.1) is 20.8 Å². The van der Waals surface area contributed by atoms with Crippen LogP contribution in [0, 0.1) is 0 Å². The predicted molar refractivity (Wildman–Crippen MR) is 128 cm³/mol. The minimum atomic E-state index is -1.56. The summed E-state index contributed by atoms with van der Waals surface area (Å²) in [4.78, 5) is 0. The van der Waals surface area contributed by atoms with Gasteiger partial charge in [0.1, 0.15) is 31.5 Å². The van der Waals surface area contributed by atoms with Crippen LogP contribution in [0.1, 0.15) is 11.3 Å². The summed E-state index contributed by atoms with van der Waals surface area (Å²) in [5.74, 6) is 0.764. The number of nitrogens with zero attached hydrogens (tertiary/aromatic N) is 1. The minimum Gasteiger partial charge on any atom is -0.493 e. The van der Waals surface area contributed by atoms with Gasteiger partial charge in [-0.15, -0.1) is 0 Å². The van der Waals surface area contributed by atoms with Crippen molar-refractivity contribution in [1.29, 1.82) is 0 Å². The molecule has 1 saturated heterocycles. The average molecular weight is 485 g/mol. The molecule has 1 aliphatic heterocycles. The second kappa shape index (κ2) is 10.6. The largest absolute Gasteiger partial charge is 0.493 e. The Bertz CT molecular complexity index is 1190. The molecule has 0 spiro atoms. The molecule has 186 valence electrons. The molecule has 9 nitrogen and oxygen atoms in total. The van der Waals surface area contributed by atoms with Gasteiger partial charge in [0.15, 0.2) is 11.5 Å². The van der Waals surface area contributed by atoms with Crippen LogP contribution in [0.4, 0.5) is 0 Å². The van der Waals surface area contributed by atoms with E-state index in [1.54, 1.807) is 12.1 Å². The molecule has 35 heavy (non-hydrogen) atoms. The summed E-state index contributed by atoms with van der Waals surface area (Å²) in [6, 6.07) is 15.7. The molecule has 0 saturated carbocycles. The van der Waals surface area contributed by atoms with Gasteiger partial charge in [0.25, 0.3) is 0 Å². The van der Waals surface area contributed by atoms with E-state index >= 15 is 0 Å². The second-order valence-corrected chi connectivity index (χ2v) is 8.28. The Morgan fingerprint density at radius 2 is 1.60 bits per heavy atom. The summed E-state index contributed by atoms with van der Waals surface area (Å²) in [7, 11) is 4.93. The van der Waals surface area contributed by atoms with E-state index in [1.165, 1.54) is 14.2 Å². The Morgan fingerprint density at radius 3 is 2.26 bits per heavy atom. The summed E-state index contributed by atoms with van der Waals surface area (Å²) in [5.41, 5.74) is 2.87. The van der Waals surface area contributed by atoms with Crippen LogP contribution < -0.4 is 18.8 Å². The highest BCUT2D eigenvalue weighted by molar-refractivity contribution is 5.77. The SMILES string of the molecule is COc1cc(C=Cc2ccc3ccccc3[n+]2C)cc(OC)c1O[C@@H]1O[C@H](CO)[C@H](O)[C@H](O)[C@H]1O. The van der Waals surface area contributed by atoms with Gasteiger partial charge in [-0.3, -0.25) is 0 Å². The van der Waals surface area contributed by atoms with Crippen LogP contribution in [0.3, 0.4) is 0 Å². The summed E-state index contributed by atoms with van der Waals surface area (Å²) < 4.78 is 24.4. The number of rotatable bonds is 7. The minimum absolute atomic E-state index is 0.146. The van der Waals surface area contributed by atoms with Gasteiger partial charge < -0.3 is 39.4 Å². The third-order valence-electron chi connectivity index (χ3n) is 6.13. The molecule has 0 unspecified atom stereocenters. The molecule has 1 aromatic heterocycles. The van der Waals surface area contributed by atoms with Crippen molar-refractivity contribution in [2.45, 2.75) is 30.7 Å². The zero-order valence-electron chi connectivity index (χ0n) is 19.7. The van der Waals surface area contributed by atoms with E-state index in [-0.39, 0.29) is 5.75 Å². The molecule has 0 amide bonds. The van der Waals surface area contributed by atoms with Crippen molar-refractivity contribution in [3.63, 3.8) is 0 Å². The van der Waals surface area contributed by atoms with E-state index < -0.39 is 37.3 Å². The molecule has 2 aromatic carbocycles. The van der Waals surface area contributed by atoms with E-state index in [9.17, 15) is 20.4 Å². The molecule has 3 aromatic rings. The van der Waals surface area contributed by atoms with Crippen molar-refractivity contribution >= 4 is 23.1 Å². The molecule has 0 bridgehead atoms. The number of para-hydroxylation sites is 1. The molecule has 9 heteroatoms. The number of fused-ring (bicyclic) bond motifs is 1. The van der Waals surface area contributed by atoms with Crippen molar-refractivity contribution in [3.05, 3.63) is 59.8 Å². The van der Waals surface area contributed by atoms with Crippen LogP contribution in [0.5, 0.6) is 17.2 Å². The number of ether oxygens (including phenoxy) is 4. The fraction of sp³-hybridized carbons (Fsp3) is 0.346. The van der Waals surface area contributed by atoms with E-state index in [4.69, 9.17) is 18.9 Å². The van der Waals surface area contributed by atoms with Crippen molar-refractivity contribution in [2.24, 2.45) is 7.05 Å². The quantitative estimate of drug-likeness (QED) is 0.367. The molecule has 1 fully saturated rings. The Hall–Kier alpha value is -3.21. The smallest absolute Gasteiger partial charge is 0.229 e. The number of aromatic nitrogens is 1. The third kappa shape index (κ3) is 4.95. The molecule has 5 atom stereocenters. The molecule has 2 heterocycles. The number of aliphatic hydroxyl groups is 4. The van der Waals surface area contributed by atoms with Crippen LogP contribution in [0.25, 0.3) is 23.1 Å². The van der Waals surface area contributed by atoms with Crippen molar-refractivity contribution in [3.8, 4) is 17.2 Å². The normalized spacial score (nSPS) is 24.6. The van der Waals surface area contributed by atoms with Gasteiger partial charge in [-0.25, -0.2) is 0 Å². The van der Waals surface area contributed by atoms with Crippen LogP contribution in [-0.2, 0) is 11.8 Å². The number of pyridine rings is 1. The lowest BCUT2D eigenvalue weighted by Crippen LogP contribution is -2.60. The van der Waals surface area contributed by atoms with Crippen molar-refractivity contribution < 1.29 is 43.9 Å². The second-order valence-electron chi connectivity index (χ2n) is 8.28. The zero-order chi connectivity index (χ0) is 25.1. The summed E-state index contributed by atoms with van der Waals surface area (Å²) in [5, 5.41) is 41.0. The van der Waals surface area contributed by atoms with E-state index in [0.717, 1.165) is 22.2 Å². The van der Waals surface area contributed by atoms with E-state index in [1.807, 2.05) is 37.4 Å². The zero-order valence-corrected chi connectivity index (χ0v) is 19.7. The lowest BCUT2D eigenvalue weighted by atomic mass is 9.99. The monoisotopic (exact) mass is 484 g/mol. The molecule has 0 radical (unpaired) electrons. The highest BCUT2D eigenvalue weighted by Crippen LogP contribution is 2.41. The van der Waals surface area contributed by atoms with Crippen LogP contribution >= 0.6 is 0 Å². The lowest BCUT2D eigenvalue weighted by molar-refractivity contribution is -0.646. The molecular formula is C26H30NO8+. The molecule has 4 N–H and O–H groups in total. The highest BCUT2D eigenvalue weighted by Gasteiger charge is 2.45. The number of benzene rings is 2. The summed E-state index contributed by atoms with van der Waals surface area (Å²) in [6.45, 7) is -0.561. The first kappa shape index (κ1) is 24.9. The maximum Gasteiger partial charge on any atom is 0.229 e. The number of aliphatic hydroxyl groups excluding tert-OH is 4. The van der Waals surface area contributed by atoms with Crippen molar-refractivity contribution in [2.75, 3.05) is 20.8 Å². The van der Waals surface area contributed by atoms with Gasteiger partial charge in [-0.2, -0.15) is 4.57 Å². The van der Waals surface area contributed by atoms with Crippen LogP contribution in [-0.4, -0.2) is 72.0 Å². The molecular weight excluding hydrogens is 454 g/mol. The van der Waals surface area contributed by atoms with Crippen LogP contribution in [0.2, 0.25) is 0 Å². The van der Waals surface area contributed by atoms with Crippen molar-refractivity contribution in [1.82, 2.24) is 0 Å². The molecule has 4 rings (SSSR count). The first-order valence-corrected chi connectivity index (χ1v) is 11.2. The van der Waals surface area contributed by atoms with Gasteiger partial charge in [-0.05, 0) is 35.9 Å². The van der Waals surface area contributed by atoms with Gasteiger partial charge in [-0.1, -0.05) is 12.1 Å². The number of methoxy groups -OCH3 is 2. The van der Waals surface area contributed by atoms with E-state index in [2.05, 4.69) is 22.8 Å². The Kier molecular flexibility index (Phi) is 7.54. The standard InChI is InChI=1S/C26H30NO8/c1-27-17(11-9-16-6-4-5-7-18(16)27)10-8-15-12-19(32-2)25(20(13-15)33-3)35-26-24(31)23(30)22(29)21(14-28)34-26/h4-13,21-24,26,28-31H,14H2,1-3H3/q+1/t21-,22+,23+,24-,26+/m1/s1. The third-order valence-corrected chi connectivity index (χ3v) is 6.13. The van der Waals surface area contributed by atoms with Gasteiger partial charge in [0, 0.05) is 23.6 Å². The van der Waals surface area contributed by atoms with E-state index in [0.29, 0.717) is 11.5 Å². The van der Waals surface area contributed by atoms with Crippen LogP contribution in [0.15, 0.2) is 48.5 Å². The Labute approximate surface area is 203 Å². The summed E-state index contributed by atoms with van der Waals surface area (Å²) >= 11 is 0. The first-order chi connectivity index (χ1) is 16.9. The first-order valence-electron chi connectivity index (χ1n) is 11.2. The Balaban J connectivity index is 1.63. The predicted octanol–water partition coefficient (Wildman–Crippen LogP) is 1.03. The Morgan fingerprint density at radius 1 is 0.914 bits per heavy atom. The molecule has 1 aliphatic rings.